The van der Waals surface area contributed by atoms with Crippen LogP contribution >= 0.6 is 0 Å². The number of aliphatic carboxylic acids is 1. The molecule has 1 aromatic heterocycles. The number of carbonyl (C=O) groups excluding carboxylic acids is 1. The Bertz CT molecular complexity index is 793. The molecule has 24 heavy (non-hydrogen) atoms. The van der Waals surface area contributed by atoms with Gasteiger partial charge in [-0.05, 0) is 30.0 Å². The molecule has 1 heterocycles. The van der Waals surface area contributed by atoms with Gasteiger partial charge >= 0.3 is 5.97 Å². The maximum Gasteiger partial charge on any atom is 0.325 e. The summed E-state index contributed by atoms with van der Waals surface area (Å²) in [6.45, 7) is -0.179. The molecule has 126 valence electrons. The third-order valence-corrected chi connectivity index (χ3v) is 3.83. The van der Waals surface area contributed by atoms with Crippen molar-refractivity contribution in [3.8, 4) is 0 Å². The molecule has 0 saturated heterocycles. The highest BCUT2D eigenvalue weighted by molar-refractivity contribution is 5.82. The van der Waals surface area contributed by atoms with E-state index in [2.05, 4.69) is 15.6 Å². The maximum absolute atomic E-state index is 13.2. The number of carboxylic acid groups (broad SMARTS) is 1. The molecule has 1 amide bonds. The van der Waals surface area contributed by atoms with Gasteiger partial charge in [-0.1, -0.05) is 11.3 Å². The molecular weight excluding hydrogens is 322 g/mol. The van der Waals surface area contributed by atoms with Gasteiger partial charge < -0.3 is 10.4 Å². The van der Waals surface area contributed by atoms with E-state index >= 15 is 0 Å². The minimum Gasteiger partial charge on any atom is -0.480 e. The molecule has 3 rings (SSSR count). The smallest absolute Gasteiger partial charge is 0.325 e. The Morgan fingerprint density at radius 3 is 2.83 bits per heavy atom. The average Bonchev–Trinajstić information content (AvgIpc) is 3.21. The Balaban J connectivity index is 1.52. The Kier molecular flexibility index (Phi) is 4.24. The van der Waals surface area contributed by atoms with Crippen LogP contribution in [0, 0.1) is 17.6 Å². The lowest BCUT2D eigenvalue weighted by atomic mass is 10.1. The number of benzene rings is 1. The van der Waals surface area contributed by atoms with Crippen LogP contribution in [-0.2, 0) is 22.7 Å². The SMILES string of the molecule is O=C(O)Cn1cc(CNC(=O)C2CC2c2ccc(F)c(F)c2)nn1. The van der Waals surface area contributed by atoms with Crippen LogP contribution in [0.5, 0.6) is 0 Å². The number of hydrogen-bond donors (Lipinski definition) is 2. The first kappa shape index (κ1) is 16.0. The molecule has 2 atom stereocenters. The zero-order valence-electron chi connectivity index (χ0n) is 12.4. The minimum atomic E-state index is -1.04. The topological polar surface area (TPSA) is 97.1 Å². The van der Waals surface area contributed by atoms with Crippen LogP contribution in [0.2, 0.25) is 0 Å². The molecule has 1 saturated carbocycles. The van der Waals surface area contributed by atoms with Crippen molar-refractivity contribution in [2.45, 2.75) is 25.4 Å². The number of aromatic nitrogens is 3. The van der Waals surface area contributed by atoms with E-state index < -0.39 is 17.6 Å². The molecular formula is C15H14F2N4O3. The Morgan fingerprint density at radius 1 is 1.33 bits per heavy atom. The van der Waals surface area contributed by atoms with Crippen LogP contribution < -0.4 is 5.32 Å². The first-order valence-electron chi connectivity index (χ1n) is 7.27. The summed E-state index contributed by atoms with van der Waals surface area (Å²) in [5, 5.41) is 18.7. The Labute approximate surface area is 135 Å². The van der Waals surface area contributed by atoms with Crippen LogP contribution in [0.4, 0.5) is 8.78 Å². The number of amides is 1. The summed E-state index contributed by atoms with van der Waals surface area (Å²) in [7, 11) is 0. The summed E-state index contributed by atoms with van der Waals surface area (Å²) in [5.41, 5.74) is 1.04. The van der Waals surface area contributed by atoms with E-state index in [1.807, 2.05) is 0 Å². The fraction of sp³-hybridized carbons (Fsp3) is 0.333. The molecule has 0 bridgehead atoms. The zero-order valence-corrected chi connectivity index (χ0v) is 12.4. The fourth-order valence-corrected chi connectivity index (χ4v) is 2.54. The Morgan fingerprint density at radius 2 is 2.12 bits per heavy atom. The van der Waals surface area contributed by atoms with Gasteiger partial charge in [0.1, 0.15) is 12.2 Å². The normalized spacial score (nSPS) is 19.1. The Hall–Kier alpha value is -2.84. The molecule has 7 nitrogen and oxygen atoms in total. The molecule has 1 aliphatic rings. The quantitative estimate of drug-likeness (QED) is 0.822. The summed E-state index contributed by atoms with van der Waals surface area (Å²) in [6.07, 6.45) is 2.01. The molecule has 1 aliphatic carbocycles. The standard InChI is InChI=1S/C15H14F2N4O3/c16-12-2-1-8(3-13(12)17)10-4-11(10)15(24)18-5-9-6-21(20-19-9)7-14(22)23/h1-3,6,10-11H,4-5,7H2,(H,18,24)(H,22,23). The van der Waals surface area contributed by atoms with Gasteiger partial charge in [0.15, 0.2) is 11.6 Å². The van der Waals surface area contributed by atoms with E-state index in [0.717, 1.165) is 16.8 Å². The molecule has 1 aromatic carbocycles. The number of carbonyl (C=O) groups is 2. The predicted molar refractivity (Wildman–Crippen MR) is 76.7 cm³/mol. The van der Waals surface area contributed by atoms with E-state index in [1.165, 1.54) is 12.3 Å². The largest absolute Gasteiger partial charge is 0.480 e. The van der Waals surface area contributed by atoms with E-state index in [0.29, 0.717) is 17.7 Å². The van der Waals surface area contributed by atoms with Gasteiger partial charge in [-0.2, -0.15) is 0 Å². The van der Waals surface area contributed by atoms with Crippen molar-refractivity contribution in [3.63, 3.8) is 0 Å². The van der Waals surface area contributed by atoms with Crippen molar-refractivity contribution in [3.05, 3.63) is 47.3 Å². The summed E-state index contributed by atoms with van der Waals surface area (Å²) in [5.74, 6) is -3.49. The molecule has 1 fully saturated rings. The van der Waals surface area contributed by atoms with Crippen LogP contribution in [0.1, 0.15) is 23.6 Å². The fourth-order valence-electron chi connectivity index (χ4n) is 2.54. The highest BCUT2D eigenvalue weighted by atomic mass is 19.2. The summed E-state index contributed by atoms with van der Waals surface area (Å²) in [6, 6.07) is 3.65. The van der Waals surface area contributed by atoms with Crippen LogP contribution in [-0.4, -0.2) is 32.0 Å². The minimum absolute atomic E-state index is 0.122. The van der Waals surface area contributed by atoms with Crippen molar-refractivity contribution >= 4 is 11.9 Å². The highest BCUT2D eigenvalue weighted by Gasteiger charge is 2.44. The second-order valence-electron chi connectivity index (χ2n) is 5.64. The highest BCUT2D eigenvalue weighted by Crippen LogP contribution is 2.47. The van der Waals surface area contributed by atoms with Crippen LogP contribution in [0.15, 0.2) is 24.4 Å². The van der Waals surface area contributed by atoms with Gasteiger partial charge in [-0.3, -0.25) is 9.59 Å². The number of hydrogen-bond acceptors (Lipinski definition) is 4. The average molecular weight is 336 g/mol. The lowest BCUT2D eigenvalue weighted by molar-refractivity contribution is -0.138. The first-order valence-corrected chi connectivity index (χ1v) is 7.27. The van der Waals surface area contributed by atoms with Crippen molar-refractivity contribution < 1.29 is 23.5 Å². The van der Waals surface area contributed by atoms with E-state index in [-0.39, 0.29) is 30.8 Å². The molecule has 2 unspecified atom stereocenters. The van der Waals surface area contributed by atoms with E-state index in [4.69, 9.17) is 5.11 Å². The maximum atomic E-state index is 13.2. The summed E-state index contributed by atoms with van der Waals surface area (Å²) < 4.78 is 27.3. The first-order chi connectivity index (χ1) is 11.4. The van der Waals surface area contributed by atoms with Crippen molar-refractivity contribution in [1.29, 1.82) is 0 Å². The van der Waals surface area contributed by atoms with Gasteiger partial charge in [0, 0.05) is 5.92 Å². The van der Waals surface area contributed by atoms with Gasteiger partial charge in [0.05, 0.1) is 12.7 Å². The van der Waals surface area contributed by atoms with Crippen molar-refractivity contribution in [1.82, 2.24) is 20.3 Å². The lowest BCUT2D eigenvalue weighted by Crippen LogP contribution is -2.25. The summed E-state index contributed by atoms with van der Waals surface area (Å²) in [4.78, 5) is 22.6. The van der Waals surface area contributed by atoms with E-state index in [1.54, 1.807) is 0 Å². The van der Waals surface area contributed by atoms with E-state index in [9.17, 15) is 18.4 Å². The van der Waals surface area contributed by atoms with Crippen molar-refractivity contribution in [2.24, 2.45) is 5.92 Å². The van der Waals surface area contributed by atoms with Gasteiger partial charge in [-0.15, -0.1) is 5.10 Å². The van der Waals surface area contributed by atoms with Crippen LogP contribution in [0.3, 0.4) is 0 Å². The van der Waals surface area contributed by atoms with Crippen LogP contribution in [0.25, 0.3) is 0 Å². The number of halogens is 2. The summed E-state index contributed by atoms with van der Waals surface area (Å²) >= 11 is 0. The van der Waals surface area contributed by atoms with Gasteiger partial charge in [-0.25, -0.2) is 13.5 Å². The predicted octanol–water partition coefficient (Wildman–Crippen LogP) is 1.06. The number of nitrogens with one attached hydrogen (secondary N) is 1. The monoisotopic (exact) mass is 336 g/mol. The third kappa shape index (κ3) is 3.55. The lowest BCUT2D eigenvalue weighted by Gasteiger charge is -2.03. The second kappa shape index (κ2) is 6.34. The molecule has 9 heteroatoms. The molecule has 2 N–H and O–H groups in total. The van der Waals surface area contributed by atoms with Crippen molar-refractivity contribution in [2.75, 3.05) is 0 Å². The molecule has 0 radical (unpaired) electrons. The molecule has 0 aliphatic heterocycles. The third-order valence-electron chi connectivity index (χ3n) is 3.83. The molecule has 0 spiro atoms. The zero-order chi connectivity index (χ0) is 17.3. The van der Waals surface area contributed by atoms with Gasteiger partial charge in [0.25, 0.3) is 0 Å². The number of carboxylic acids is 1. The second-order valence-corrected chi connectivity index (χ2v) is 5.64. The van der Waals surface area contributed by atoms with Gasteiger partial charge in [0.2, 0.25) is 5.91 Å². The number of nitrogens with zero attached hydrogens (tertiary/aromatic N) is 3. The number of rotatable bonds is 6. The molecule has 2 aromatic rings.